The molecule has 0 saturated carbocycles. The van der Waals surface area contributed by atoms with E-state index in [1.54, 1.807) is 37.2 Å². The van der Waals surface area contributed by atoms with Gasteiger partial charge in [-0.25, -0.2) is 0 Å². The van der Waals surface area contributed by atoms with E-state index in [1.165, 1.54) is 6.07 Å². The van der Waals surface area contributed by atoms with Crippen molar-refractivity contribution in [3.63, 3.8) is 0 Å². The Morgan fingerprint density at radius 2 is 2.06 bits per heavy atom. The van der Waals surface area contributed by atoms with Gasteiger partial charge in [0.05, 0.1) is 21.5 Å². The van der Waals surface area contributed by atoms with Crippen LogP contribution < -0.4 is 5.73 Å². The van der Waals surface area contributed by atoms with Crippen molar-refractivity contribution in [1.29, 1.82) is 0 Å². The Balaban J connectivity index is 3.29. The monoisotopic (exact) mass is 239 g/mol. The summed E-state index contributed by atoms with van der Waals surface area (Å²) in [6, 6.07) is 6.05. The van der Waals surface area contributed by atoms with Crippen LogP contribution in [0.15, 0.2) is 24.3 Å². The van der Waals surface area contributed by atoms with E-state index in [2.05, 4.69) is 0 Å². The van der Waals surface area contributed by atoms with Crippen molar-refractivity contribution >= 4 is 22.9 Å². The maximum Gasteiger partial charge on any atom is 0.274 e. The number of para-hydroxylation sites is 1. The van der Waals surface area contributed by atoms with E-state index in [0.717, 1.165) is 0 Å². The highest BCUT2D eigenvalue weighted by atomic mass is 32.1. The van der Waals surface area contributed by atoms with Crippen LogP contribution in [0.3, 0.4) is 0 Å². The van der Waals surface area contributed by atoms with Gasteiger partial charge in [0.15, 0.2) is 0 Å². The van der Waals surface area contributed by atoms with Gasteiger partial charge < -0.3 is 5.73 Å². The summed E-state index contributed by atoms with van der Waals surface area (Å²) in [5.41, 5.74) is 6.16. The van der Waals surface area contributed by atoms with E-state index in [0.29, 0.717) is 5.56 Å². The molecule has 0 aliphatic heterocycles. The van der Waals surface area contributed by atoms with Crippen LogP contribution in [0.25, 0.3) is 0 Å². The summed E-state index contributed by atoms with van der Waals surface area (Å²) < 4.78 is 0. The minimum Gasteiger partial charge on any atom is -0.392 e. The average molecular weight is 239 g/mol. The van der Waals surface area contributed by atoms with Gasteiger partial charge >= 0.3 is 0 Å². The number of likely N-dealkylation sites (N-methyl/N-ethyl adjacent to an activating group) is 1. The fourth-order valence-electron chi connectivity index (χ4n) is 1.57. The van der Waals surface area contributed by atoms with Crippen LogP contribution in [-0.4, -0.2) is 28.9 Å². The van der Waals surface area contributed by atoms with Crippen molar-refractivity contribution in [2.45, 2.75) is 6.04 Å². The van der Waals surface area contributed by atoms with Gasteiger partial charge in [-0.05, 0) is 14.1 Å². The predicted octanol–water partition coefficient (Wildman–Crippen LogP) is 1.48. The molecule has 0 saturated heterocycles. The lowest BCUT2D eigenvalue weighted by molar-refractivity contribution is -0.385. The molecule has 0 spiro atoms. The van der Waals surface area contributed by atoms with E-state index in [4.69, 9.17) is 18.0 Å². The molecule has 1 aromatic rings. The van der Waals surface area contributed by atoms with Gasteiger partial charge in [0.1, 0.15) is 0 Å². The van der Waals surface area contributed by atoms with Gasteiger partial charge in [-0.3, -0.25) is 15.0 Å². The number of rotatable bonds is 4. The Morgan fingerprint density at radius 1 is 1.50 bits per heavy atom. The average Bonchev–Trinajstić information content (AvgIpc) is 2.17. The van der Waals surface area contributed by atoms with Crippen molar-refractivity contribution < 1.29 is 4.92 Å². The zero-order chi connectivity index (χ0) is 12.3. The number of hydrogen-bond acceptors (Lipinski definition) is 4. The number of nitro benzene ring substituents is 1. The van der Waals surface area contributed by atoms with Crippen molar-refractivity contribution in [3.8, 4) is 0 Å². The Bertz CT molecular complexity index is 420. The highest BCUT2D eigenvalue weighted by Gasteiger charge is 2.25. The van der Waals surface area contributed by atoms with E-state index in [-0.39, 0.29) is 10.7 Å². The molecule has 1 unspecified atom stereocenters. The third-order valence-electron chi connectivity index (χ3n) is 2.21. The molecular formula is C10H13N3O2S. The van der Waals surface area contributed by atoms with Gasteiger partial charge in [-0.15, -0.1) is 0 Å². The number of hydrogen-bond donors (Lipinski definition) is 1. The van der Waals surface area contributed by atoms with Crippen molar-refractivity contribution in [2.75, 3.05) is 14.1 Å². The zero-order valence-corrected chi connectivity index (χ0v) is 9.90. The molecule has 0 heterocycles. The second kappa shape index (κ2) is 5.00. The zero-order valence-electron chi connectivity index (χ0n) is 9.08. The highest BCUT2D eigenvalue weighted by Crippen LogP contribution is 2.27. The van der Waals surface area contributed by atoms with Crippen LogP contribution in [0.2, 0.25) is 0 Å². The van der Waals surface area contributed by atoms with Crippen LogP contribution in [0, 0.1) is 10.1 Å². The normalized spacial score (nSPS) is 12.4. The number of thiocarbonyl (C=S) groups is 1. The molecule has 86 valence electrons. The molecule has 16 heavy (non-hydrogen) atoms. The summed E-state index contributed by atoms with van der Waals surface area (Å²) >= 11 is 4.93. The van der Waals surface area contributed by atoms with E-state index in [1.807, 2.05) is 0 Å². The highest BCUT2D eigenvalue weighted by molar-refractivity contribution is 7.80. The molecule has 0 fully saturated rings. The molecule has 0 bridgehead atoms. The summed E-state index contributed by atoms with van der Waals surface area (Å²) in [5.74, 6) is 0. The Kier molecular flexibility index (Phi) is 3.92. The molecule has 2 N–H and O–H groups in total. The predicted molar refractivity (Wildman–Crippen MR) is 66.3 cm³/mol. The first-order valence-electron chi connectivity index (χ1n) is 4.64. The summed E-state index contributed by atoms with van der Waals surface area (Å²) in [5, 5.41) is 10.9. The first-order chi connectivity index (χ1) is 7.45. The molecule has 0 aliphatic rings. The molecule has 1 rings (SSSR count). The molecule has 0 amide bonds. The number of benzene rings is 1. The molecule has 0 radical (unpaired) electrons. The fourth-order valence-corrected chi connectivity index (χ4v) is 1.91. The minimum absolute atomic E-state index is 0.0361. The van der Waals surface area contributed by atoms with Crippen LogP contribution in [0.1, 0.15) is 11.6 Å². The summed E-state index contributed by atoms with van der Waals surface area (Å²) in [4.78, 5) is 12.4. The number of nitrogens with two attached hydrogens (primary N) is 1. The minimum atomic E-state index is -0.426. The summed E-state index contributed by atoms with van der Waals surface area (Å²) in [6.45, 7) is 0. The quantitative estimate of drug-likeness (QED) is 0.489. The van der Waals surface area contributed by atoms with Crippen LogP contribution in [0.4, 0.5) is 5.69 Å². The fraction of sp³-hybridized carbons (Fsp3) is 0.300. The lowest BCUT2D eigenvalue weighted by atomic mass is 10.0. The lowest BCUT2D eigenvalue weighted by Gasteiger charge is -2.23. The van der Waals surface area contributed by atoms with Gasteiger partial charge in [-0.1, -0.05) is 30.4 Å². The smallest absolute Gasteiger partial charge is 0.274 e. The number of nitrogens with zero attached hydrogens (tertiary/aromatic N) is 2. The summed E-state index contributed by atoms with van der Waals surface area (Å²) in [7, 11) is 3.56. The SMILES string of the molecule is CN(C)C(C(N)=S)c1ccccc1[N+](=O)[O-]. The number of nitro groups is 1. The Morgan fingerprint density at radius 3 is 2.50 bits per heavy atom. The van der Waals surface area contributed by atoms with Crippen molar-refractivity contribution in [2.24, 2.45) is 5.73 Å². The molecule has 1 aromatic carbocycles. The van der Waals surface area contributed by atoms with Crippen LogP contribution >= 0.6 is 12.2 Å². The lowest BCUT2D eigenvalue weighted by Crippen LogP contribution is -2.31. The second-order valence-corrected chi connectivity index (χ2v) is 4.06. The largest absolute Gasteiger partial charge is 0.392 e. The van der Waals surface area contributed by atoms with Gasteiger partial charge in [0.25, 0.3) is 5.69 Å². The summed E-state index contributed by atoms with van der Waals surface area (Å²) in [6.07, 6.45) is 0. The molecule has 5 nitrogen and oxygen atoms in total. The standard InChI is InChI=1S/C10H13N3O2S/c1-12(2)9(10(11)16)7-5-3-4-6-8(7)13(14)15/h3-6,9H,1-2H3,(H2,11,16). The van der Waals surface area contributed by atoms with Gasteiger partial charge in [0.2, 0.25) is 0 Å². The van der Waals surface area contributed by atoms with Gasteiger partial charge in [0, 0.05) is 6.07 Å². The van der Waals surface area contributed by atoms with Crippen molar-refractivity contribution in [3.05, 3.63) is 39.9 Å². The topological polar surface area (TPSA) is 72.4 Å². The maximum absolute atomic E-state index is 10.9. The van der Waals surface area contributed by atoms with Crippen LogP contribution in [-0.2, 0) is 0 Å². The third kappa shape index (κ3) is 2.53. The molecule has 0 aromatic heterocycles. The second-order valence-electron chi connectivity index (χ2n) is 3.58. The third-order valence-corrected chi connectivity index (χ3v) is 2.44. The molecule has 0 aliphatic carbocycles. The van der Waals surface area contributed by atoms with Crippen LogP contribution in [0.5, 0.6) is 0 Å². The van der Waals surface area contributed by atoms with Crippen molar-refractivity contribution in [1.82, 2.24) is 4.90 Å². The van der Waals surface area contributed by atoms with Gasteiger partial charge in [-0.2, -0.15) is 0 Å². The first kappa shape index (κ1) is 12.5. The van der Waals surface area contributed by atoms with E-state index < -0.39 is 11.0 Å². The van der Waals surface area contributed by atoms with E-state index >= 15 is 0 Å². The Labute approximate surface area is 99.0 Å². The first-order valence-corrected chi connectivity index (χ1v) is 5.05. The maximum atomic E-state index is 10.9. The molecular weight excluding hydrogens is 226 g/mol. The molecule has 6 heteroatoms. The Hall–Kier alpha value is -1.53. The molecule has 1 atom stereocenters. The van der Waals surface area contributed by atoms with E-state index in [9.17, 15) is 10.1 Å².